The first-order chi connectivity index (χ1) is 6.91. The van der Waals surface area contributed by atoms with E-state index >= 15 is 0 Å². The van der Waals surface area contributed by atoms with Gasteiger partial charge in [0.05, 0.1) is 18.9 Å². The van der Waals surface area contributed by atoms with Crippen LogP contribution in [0.25, 0.3) is 0 Å². The van der Waals surface area contributed by atoms with E-state index < -0.39 is 0 Å². The molecule has 0 aliphatic carbocycles. The first-order valence-electron chi connectivity index (χ1n) is 3.94. The Morgan fingerprint density at radius 2 is 1.33 bits per heavy atom. The van der Waals surface area contributed by atoms with E-state index in [0.717, 1.165) is 7.57 Å². The second-order valence-electron chi connectivity index (χ2n) is 2.76. The molecule has 7 heteroatoms. The predicted octanol–water partition coefficient (Wildman–Crippen LogP) is 3.19. The van der Waals surface area contributed by atoms with Crippen LogP contribution in [0.4, 0.5) is 11.4 Å². The minimum Gasteiger partial charge on any atom is -0.323 e. The molecule has 0 aromatic carbocycles. The van der Waals surface area contributed by atoms with Gasteiger partial charge in [-0.25, -0.2) is 0 Å². The molecule has 4 nitrogen and oxygen atoms in total. The summed E-state index contributed by atoms with van der Waals surface area (Å²) in [7, 11) is 0. The Bertz CT molecular complexity index is 381. The van der Waals surface area contributed by atoms with Crippen LogP contribution in [0, 0.1) is 0 Å². The van der Waals surface area contributed by atoms with Crippen molar-refractivity contribution in [3.05, 3.63) is 7.57 Å². The van der Waals surface area contributed by atoms with Crippen LogP contribution in [0.15, 0.2) is 7.57 Å². The number of nitrogens with one attached hydrogen (secondary N) is 2. The highest BCUT2D eigenvalue weighted by Gasteiger charge is 2.16. The van der Waals surface area contributed by atoms with Gasteiger partial charge in [0.2, 0.25) is 11.8 Å². The van der Waals surface area contributed by atoms with Crippen LogP contribution in [0.3, 0.4) is 0 Å². The fourth-order valence-corrected chi connectivity index (χ4v) is 3.84. The third kappa shape index (κ3) is 3.29. The number of halogens is 2. The summed E-state index contributed by atoms with van der Waals surface area (Å²) in [4.78, 5) is 21.9. The molecule has 15 heavy (non-hydrogen) atoms. The summed E-state index contributed by atoms with van der Waals surface area (Å²) in [6.45, 7) is 2.82. The highest BCUT2D eigenvalue weighted by Crippen LogP contribution is 2.45. The molecule has 0 atom stereocenters. The Labute approximate surface area is 108 Å². The van der Waals surface area contributed by atoms with Crippen molar-refractivity contribution in [3.63, 3.8) is 0 Å². The topological polar surface area (TPSA) is 58.2 Å². The number of thiophene rings is 1. The van der Waals surface area contributed by atoms with Crippen LogP contribution in [0.5, 0.6) is 0 Å². The van der Waals surface area contributed by atoms with E-state index in [-0.39, 0.29) is 11.8 Å². The zero-order valence-electron chi connectivity index (χ0n) is 7.98. The summed E-state index contributed by atoms with van der Waals surface area (Å²) >= 11 is 8.00. The number of carbonyl (C=O) groups is 2. The number of amides is 2. The van der Waals surface area contributed by atoms with E-state index in [1.807, 2.05) is 0 Å². The number of rotatable bonds is 2. The molecular formula is C8H8Br2N2O2S. The standard InChI is InChI=1S/C8H8Br2N2O2S/c1-3(13)11-5-6(12-4(2)14)8(10)15-7(5)9/h1-2H3,(H,11,13)(H,12,14). The molecule has 1 rings (SSSR count). The van der Waals surface area contributed by atoms with Gasteiger partial charge in [-0.3, -0.25) is 9.59 Å². The normalized spacial score (nSPS) is 9.87. The molecule has 0 fully saturated rings. The Balaban J connectivity index is 3.10. The van der Waals surface area contributed by atoms with E-state index in [9.17, 15) is 9.59 Å². The minimum absolute atomic E-state index is 0.187. The zero-order valence-corrected chi connectivity index (χ0v) is 12.0. The molecule has 0 unspecified atom stereocenters. The van der Waals surface area contributed by atoms with Crippen molar-refractivity contribution in [2.24, 2.45) is 0 Å². The number of anilines is 2. The van der Waals surface area contributed by atoms with Crippen molar-refractivity contribution in [2.45, 2.75) is 13.8 Å². The van der Waals surface area contributed by atoms with Crippen LogP contribution in [0.2, 0.25) is 0 Å². The van der Waals surface area contributed by atoms with E-state index in [1.165, 1.54) is 25.2 Å². The van der Waals surface area contributed by atoms with Gasteiger partial charge < -0.3 is 10.6 Å². The van der Waals surface area contributed by atoms with Crippen molar-refractivity contribution in [2.75, 3.05) is 10.6 Å². The van der Waals surface area contributed by atoms with E-state index in [1.54, 1.807) is 0 Å². The van der Waals surface area contributed by atoms with E-state index in [2.05, 4.69) is 42.5 Å². The zero-order chi connectivity index (χ0) is 11.6. The van der Waals surface area contributed by atoms with Crippen molar-refractivity contribution in [1.29, 1.82) is 0 Å². The van der Waals surface area contributed by atoms with Crippen LogP contribution >= 0.6 is 43.2 Å². The number of hydrogen-bond acceptors (Lipinski definition) is 3. The second-order valence-corrected chi connectivity index (χ2v) is 6.42. The molecule has 0 aliphatic heterocycles. The molecule has 82 valence electrons. The molecule has 2 N–H and O–H groups in total. The Morgan fingerprint density at radius 1 is 1.00 bits per heavy atom. The number of carbonyl (C=O) groups excluding carboxylic acids is 2. The molecule has 1 aromatic heterocycles. The fraction of sp³-hybridized carbons (Fsp3) is 0.250. The van der Waals surface area contributed by atoms with Crippen LogP contribution in [0.1, 0.15) is 13.8 Å². The lowest BCUT2D eigenvalue weighted by molar-refractivity contribution is -0.115. The maximum atomic E-state index is 11.0. The van der Waals surface area contributed by atoms with Gasteiger partial charge in [0, 0.05) is 13.8 Å². The van der Waals surface area contributed by atoms with Gasteiger partial charge in [0.15, 0.2) is 0 Å². The van der Waals surface area contributed by atoms with Crippen molar-refractivity contribution in [1.82, 2.24) is 0 Å². The second kappa shape index (κ2) is 5.09. The monoisotopic (exact) mass is 354 g/mol. The van der Waals surface area contributed by atoms with Gasteiger partial charge >= 0.3 is 0 Å². The largest absolute Gasteiger partial charge is 0.323 e. The Kier molecular flexibility index (Phi) is 4.30. The summed E-state index contributed by atoms with van der Waals surface area (Å²) in [5.74, 6) is -0.375. The molecule has 1 heterocycles. The lowest BCUT2D eigenvalue weighted by atomic mass is 10.4. The smallest absolute Gasteiger partial charge is 0.221 e. The van der Waals surface area contributed by atoms with Crippen LogP contribution in [-0.4, -0.2) is 11.8 Å². The minimum atomic E-state index is -0.187. The predicted molar refractivity (Wildman–Crippen MR) is 68.3 cm³/mol. The maximum Gasteiger partial charge on any atom is 0.221 e. The third-order valence-electron chi connectivity index (χ3n) is 1.42. The molecule has 0 saturated heterocycles. The van der Waals surface area contributed by atoms with E-state index in [0.29, 0.717) is 11.4 Å². The first-order valence-corrected chi connectivity index (χ1v) is 6.35. The van der Waals surface area contributed by atoms with Gasteiger partial charge in [0.1, 0.15) is 0 Å². The van der Waals surface area contributed by atoms with Gasteiger partial charge in [-0.15, -0.1) is 11.3 Å². The van der Waals surface area contributed by atoms with Crippen LogP contribution in [-0.2, 0) is 9.59 Å². The van der Waals surface area contributed by atoms with Gasteiger partial charge in [-0.2, -0.15) is 0 Å². The Morgan fingerprint density at radius 3 is 1.60 bits per heavy atom. The molecule has 0 radical (unpaired) electrons. The molecule has 0 spiro atoms. The van der Waals surface area contributed by atoms with Gasteiger partial charge in [0.25, 0.3) is 0 Å². The van der Waals surface area contributed by atoms with E-state index in [4.69, 9.17) is 0 Å². The number of hydrogen-bond donors (Lipinski definition) is 2. The molecular weight excluding hydrogens is 348 g/mol. The summed E-state index contributed by atoms with van der Waals surface area (Å²) in [6.07, 6.45) is 0. The molecule has 0 bridgehead atoms. The lowest BCUT2D eigenvalue weighted by Crippen LogP contribution is -2.11. The molecule has 0 aliphatic rings. The van der Waals surface area contributed by atoms with Gasteiger partial charge in [-0.05, 0) is 31.9 Å². The quantitative estimate of drug-likeness (QED) is 0.855. The highest BCUT2D eigenvalue weighted by molar-refractivity contribution is 9.12. The third-order valence-corrected chi connectivity index (χ3v) is 3.96. The average molecular weight is 356 g/mol. The highest BCUT2D eigenvalue weighted by atomic mass is 79.9. The summed E-state index contributed by atoms with van der Waals surface area (Å²) in [5.41, 5.74) is 1.16. The SMILES string of the molecule is CC(=O)Nc1c(Br)sc(Br)c1NC(C)=O. The lowest BCUT2D eigenvalue weighted by Gasteiger charge is -2.06. The van der Waals surface area contributed by atoms with Crippen LogP contribution < -0.4 is 10.6 Å². The fourth-order valence-electron chi connectivity index (χ4n) is 0.953. The van der Waals surface area contributed by atoms with Crippen molar-refractivity contribution >= 4 is 66.4 Å². The average Bonchev–Trinajstić information content (AvgIpc) is 2.30. The summed E-state index contributed by atoms with van der Waals surface area (Å²) in [6, 6.07) is 0. The maximum absolute atomic E-state index is 11.0. The van der Waals surface area contributed by atoms with Crippen molar-refractivity contribution in [3.8, 4) is 0 Å². The summed E-state index contributed by atoms with van der Waals surface area (Å²) in [5, 5.41) is 5.30. The van der Waals surface area contributed by atoms with Gasteiger partial charge in [-0.1, -0.05) is 0 Å². The Hall–Kier alpha value is -0.400. The molecule has 2 amide bonds. The first kappa shape index (κ1) is 12.7. The van der Waals surface area contributed by atoms with Crippen molar-refractivity contribution < 1.29 is 9.59 Å². The molecule has 1 aromatic rings. The summed E-state index contributed by atoms with van der Waals surface area (Å²) < 4.78 is 1.52. The molecule has 0 saturated carbocycles.